The summed E-state index contributed by atoms with van der Waals surface area (Å²) >= 11 is 8.74. The molecule has 2 rings (SSSR count). The van der Waals surface area contributed by atoms with Crippen molar-refractivity contribution < 1.29 is 9.47 Å². The van der Waals surface area contributed by atoms with Crippen molar-refractivity contribution in [2.24, 2.45) is 0 Å². The van der Waals surface area contributed by atoms with Crippen LogP contribution in [0.3, 0.4) is 0 Å². The highest BCUT2D eigenvalue weighted by Gasteiger charge is 2.21. The van der Waals surface area contributed by atoms with E-state index in [2.05, 4.69) is 48.6 Å². The minimum absolute atomic E-state index is 0.0726. The summed E-state index contributed by atoms with van der Waals surface area (Å²) in [4.78, 5) is 1.22. The van der Waals surface area contributed by atoms with E-state index in [1.165, 1.54) is 4.88 Å². The molecule has 2 aromatic rings. The number of hydrogen-bond acceptors (Lipinski definition) is 4. The van der Waals surface area contributed by atoms with Crippen molar-refractivity contribution in [3.8, 4) is 11.5 Å². The lowest BCUT2D eigenvalue weighted by atomic mass is 10.0. The van der Waals surface area contributed by atoms with Crippen LogP contribution in [0.25, 0.3) is 0 Å². The SMILES string of the molecule is CNC(c1cc(Br)cs1)c1ccc(OC)c(Br)c1OC. The molecule has 1 aromatic carbocycles. The molecule has 0 radical (unpaired) electrons. The summed E-state index contributed by atoms with van der Waals surface area (Å²) in [6.45, 7) is 0. The number of ether oxygens (including phenoxy) is 2. The van der Waals surface area contributed by atoms with Crippen molar-refractivity contribution in [2.45, 2.75) is 6.04 Å². The minimum Gasteiger partial charge on any atom is -0.495 e. The van der Waals surface area contributed by atoms with E-state index in [9.17, 15) is 0 Å². The van der Waals surface area contributed by atoms with E-state index >= 15 is 0 Å². The van der Waals surface area contributed by atoms with E-state index in [0.717, 1.165) is 26.0 Å². The summed E-state index contributed by atoms with van der Waals surface area (Å²) in [7, 11) is 5.25. The Balaban J connectivity index is 2.52. The highest BCUT2D eigenvalue weighted by molar-refractivity contribution is 9.11. The Hall–Kier alpha value is -0.560. The van der Waals surface area contributed by atoms with Crippen LogP contribution in [0.2, 0.25) is 0 Å². The van der Waals surface area contributed by atoms with Gasteiger partial charge in [0.15, 0.2) is 0 Å². The number of methoxy groups -OCH3 is 2. The van der Waals surface area contributed by atoms with Crippen LogP contribution in [-0.4, -0.2) is 21.3 Å². The maximum Gasteiger partial charge on any atom is 0.141 e. The second-order valence-corrected chi connectivity index (χ2v) is 6.74. The summed E-state index contributed by atoms with van der Waals surface area (Å²) in [5.74, 6) is 1.54. The maximum absolute atomic E-state index is 5.56. The smallest absolute Gasteiger partial charge is 0.141 e. The predicted molar refractivity (Wildman–Crippen MR) is 90.2 cm³/mol. The van der Waals surface area contributed by atoms with Gasteiger partial charge < -0.3 is 14.8 Å². The fraction of sp³-hybridized carbons (Fsp3) is 0.286. The first-order valence-electron chi connectivity index (χ1n) is 5.94. The molecular weight excluding hydrogens is 406 g/mol. The van der Waals surface area contributed by atoms with Crippen LogP contribution in [0.15, 0.2) is 32.5 Å². The van der Waals surface area contributed by atoms with Crippen molar-refractivity contribution in [1.82, 2.24) is 5.32 Å². The highest BCUT2D eigenvalue weighted by atomic mass is 79.9. The molecule has 1 aromatic heterocycles. The molecule has 1 N–H and O–H groups in total. The van der Waals surface area contributed by atoms with Gasteiger partial charge in [-0.25, -0.2) is 0 Å². The Morgan fingerprint density at radius 1 is 1.20 bits per heavy atom. The number of halogens is 2. The average molecular weight is 421 g/mol. The van der Waals surface area contributed by atoms with E-state index < -0.39 is 0 Å². The molecule has 0 amide bonds. The van der Waals surface area contributed by atoms with Crippen LogP contribution in [0.1, 0.15) is 16.5 Å². The van der Waals surface area contributed by atoms with Gasteiger partial charge in [0.25, 0.3) is 0 Å². The van der Waals surface area contributed by atoms with Crippen LogP contribution >= 0.6 is 43.2 Å². The third kappa shape index (κ3) is 3.03. The van der Waals surface area contributed by atoms with E-state index in [4.69, 9.17) is 9.47 Å². The topological polar surface area (TPSA) is 30.5 Å². The van der Waals surface area contributed by atoms with E-state index in [1.54, 1.807) is 25.6 Å². The van der Waals surface area contributed by atoms with E-state index in [0.29, 0.717) is 0 Å². The zero-order valence-electron chi connectivity index (χ0n) is 11.4. The molecule has 0 bridgehead atoms. The van der Waals surface area contributed by atoms with Gasteiger partial charge in [-0.05, 0) is 57.1 Å². The first-order valence-corrected chi connectivity index (χ1v) is 8.40. The zero-order chi connectivity index (χ0) is 14.7. The Labute approximate surface area is 139 Å². The first kappa shape index (κ1) is 15.8. The van der Waals surface area contributed by atoms with Crippen molar-refractivity contribution in [3.05, 3.63) is 43.0 Å². The summed E-state index contributed by atoms with van der Waals surface area (Å²) in [6, 6.07) is 6.15. The molecule has 0 aliphatic heterocycles. The first-order chi connectivity index (χ1) is 9.62. The van der Waals surface area contributed by atoms with Crippen LogP contribution in [0, 0.1) is 0 Å². The van der Waals surface area contributed by atoms with E-state index in [1.807, 2.05) is 19.2 Å². The summed E-state index contributed by atoms with van der Waals surface area (Å²) in [5.41, 5.74) is 1.07. The van der Waals surface area contributed by atoms with Crippen LogP contribution in [-0.2, 0) is 0 Å². The van der Waals surface area contributed by atoms with Crippen molar-refractivity contribution in [1.29, 1.82) is 0 Å². The van der Waals surface area contributed by atoms with Crippen LogP contribution in [0.5, 0.6) is 11.5 Å². The molecule has 6 heteroatoms. The van der Waals surface area contributed by atoms with Gasteiger partial charge in [-0.15, -0.1) is 11.3 Å². The molecule has 1 heterocycles. The lowest BCUT2D eigenvalue weighted by Gasteiger charge is -2.20. The molecule has 0 saturated heterocycles. The molecule has 1 unspecified atom stereocenters. The molecule has 3 nitrogen and oxygen atoms in total. The number of rotatable bonds is 5. The largest absolute Gasteiger partial charge is 0.495 e. The van der Waals surface area contributed by atoms with Gasteiger partial charge >= 0.3 is 0 Å². The minimum atomic E-state index is 0.0726. The molecule has 108 valence electrons. The Kier molecular flexibility index (Phi) is 5.49. The third-order valence-electron chi connectivity index (χ3n) is 2.99. The molecule has 1 atom stereocenters. The lowest BCUT2D eigenvalue weighted by molar-refractivity contribution is 0.383. The summed E-state index contributed by atoms with van der Waals surface area (Å²) < 4.78 is 12.8. The number of thiophene rings is 1. The number of hydrogen-bond donors (Lipinski definition) is 1. The van der Waals surface area contributed by atoms with Crippen molar-refractivity contribution in [3.63, 3.8) is 0 Å². The lowest BCUT2D eigenvalue weighted by Crippen LogP contribution is -2.17. The van der Waals surface area contributed by atoms with Gasteiger partial charge in [-0.3, -0.25) is 0 Å². The second kappa shape index (κ2) is 6.93. The van der Waals surface area contributed by atoms with Gasteiger partial charge in [0.2, 0.25) is 0 Å². The molecule has 0 saturated carbocycles. The van der Waals surface area contributed by atoms with E-state index in [-0.39, 0.29) is 6.04 Å². The Morgan fingerprint density at radius 3 is 2.45 bits per heavy atom. The molecule has 0 spiro atoms. The average Bonchev–Trinajstić information content (AvgIpc) is 2.86. The molecular formula is C14H15Br2NO2S. The molecule has 0 aliphatic carbocycles. The van der Waals surface area contributed by atoms with Gasteiger partial charge in [0, 0.05) is 20.3 Å². The standard InChI is InChI=1S/C14H15Br2NO2S/c1-17-13(11-6-8(15)7-20-11)9-4-5-10(18-2)12(16)14(9)19-3/h4-7,13,17H,1-3H3. The van der Waals surface area contributed by atoms with Gasteiger partial charge in [-0.1, -0.05) is 0 Å². The summed E-state index contributed by atoms with van der Waals surface area (Å²) in [5, 5.41) is 5.41. The highest BCUT2D eigenvalue weighted by Crippen LogP contribution is 2.42. The third-order valence-corrected chi connectivity index (χ3v) is 5.50. The number of benzene rings is 1. The quantitative estimate of drug-likeness (QED) is 0.766. The fourth-order valence-corrected chi connectivity index (χ4v) is 4.33. The zero-order valence-corrected chi connectivity index (χ0v) is 15.4. The van der Waals surface area contributed by atoms with Crippen molar-refractivity contribution >= 4 is 43.2 Å². The fourth-order valence-electron chi connectivity index (χ4n) is 2.08. The number of nitrogens with one attached hydrogen (secondary N) is 1. The normalized spacial score (nSPS) is 12.2. The van der Waals surface area contributed by atoms with Crippen LogP contribution < -0.4 is 14.8 Å². The Bertz CT molecular complexity index is 601. The van der Waals surface area contributed by atoms with Gasteiger partial charge in [-0.2, -0.15) is 0 Å². The maximum atomic E-state index is 5.56. The molecule has 0 aliphatic rings. The second-order valence-electron chi connectivity index (χ2n) is 4.09. The molecule has 0 fully saturated rings. The predicted octanol–water partition coefficient (Wildman–Crippen LogP) is 4.60. The Morgan fingerprint density at radius 2 is 1.95 bits per heavy atom. The monoisotopic (exact) mass is 419 g/mol. The van der Waals surface area contributed by atoms with Crippen LogP contribution in [0.4, 0.5) is 0 Å². The van der Waals surface area contributed by atoms with Gasteiger partial charge in [0.1, 0.15) is 16.0 Å². The van der Waals surface area contributed by atoms with Crippen molar-refractivity contribution in [2.75, 3.05) is 21.3 Å². The van der Waals surface area contributed by atoms with Gasteiger partial charge in [0.05, 0.1) is 20.3 Å². The molecule has 20 heavy (non-hydrogen) atoms. The summed E-state index contributed by atoms with van der Waals surface area (Å²) in [6.07, 6.45) is 0.